The summed E-state index contributed by atoms with van der Waals surface area (Å²) in [7, 11) is 1.85. The number of carbonyl (C=O) groups is 1. The number of nitrogens with one attached hydrogen (secondary N) is 1. The molecule has 9 nitrogen and oxygen atoms in total. The van der Waals surface area contributed by atoms with E-state index in [2.05, 4.69) is 10.1 Å². The molecule has 0 heterocycles. The van der Waals surface area contributed by atoms with Crippen molar-refractivity contribution in [3.8, 4) is 5.75 Å². The molecule has 36 heavy (non-hydrogen) atoms. The lowest BCUT2D eigenvalue weighted by molar-refractivity contribution is -0.136. The third-order valence-corrected chi connectivity index (χ3v) is 4.19. The van der Waals surface area contributed by atoms with E-state index >= 15 is 0 Å². The largest absolute Gasteiger partial charge is 0.420 e. The van der Waals surface area contributed by atoms with Gasteiger partial charge in [0, 0.05) is 6.54 Å². The van der Waals surface area contributed by atoms with Gasteiger partial charge in [0.1, 0.15) is 0 Å². The van der Waals surface area contributed by atoms with Gasteiger partial charge in [-0.15, -0.1) is 0 Å². The maximum atomic E-state index is 13.5. The molecule has 0 fully saturated rings. The first-order valence-electron chi connectivity index (χ1n) is 11.2. The Morgan fingerprint density at radius 1 is 0.556 bits per heavy atom. The zero-order valence-electron chi connectivity index (χ0n) is 20.1. The van der Waals surface area contributed by atoms with E-state index in [-0.39, 0.29) is 19.8 Å². The highest BCUT2D eigenvalue weighted by molar-refractivity contribution is 5.72. The molecule has 1 aromatic rings. The lowest BCUT2D eigenvalue weighted by Crippen LogP contribution is -2.17. The van der Waals surface area contributed by atoms with Crippen LogP contribution in [0.25, 0.3) is 0 Å². The van der Waals surface area contributed by atoms with Crippen molar-refractivity contribution >= 4 is 5.97 Å². The first kappa shape index (κ1) is 32.1. The van der Waals surface area contributed by atoms with Crippen LogP contribution in [0.3, 0.4) is 0 Å². The number of esters is 1. The topological polar surface area (TPSA) is 93.7 Å². The third kappa shape index (κ3) is 13.4. The van der Waals surface area contributed by atoms with E-state index in [4.69, 9.17) is 28.4 Å². The van der Waals surface area contributed by atoms with Crippen LogP contribution in [0.4, 0.5) is 22.0 Å². The Morgan fingerprint density at radius 3 is 1.28 bits per heavy atom. The maximum absolute atomic E-state index is 13.5. The Labute approximate surface area is 206 Å². The molecule has 208 valence electrons. The van der Waals surface area contributed by atoms with Gasteiger partial charge in [0.2, 0.25) is 34.8 Å². The minimum absolute atomic E-state index is 0.0967. The molecule has 0 saturated carbocycles. The highest BCUT2D eigenvalue weighted by atomic mass is 19.2. The number of carbonyl (C=O) groups excluding carboxylic acids is 1. The molecule has 14 heteroatoms. The van der Waals surface area contributed by atoms with Crippen LogP contribution >= 0.6 is 0 Å². The van der Waals surface area contributed by atoms with Crippen LogP contribution in [0.2, 0.25) is 0 Å². The van der Waals surface area contributed by atoms with Gasteiger partial charge in [-0.3, -0.25) is 4.79 Å². The third-order valence-electron chi connectivity index (χ3n) is 4.19. The van der Waals surface area contributed by atoms with E-state index in [1.807, 2.05) is 7.05 Å². The summed E-state index contributed by atoms with van der Waals surface area (Å²) in [6, 6.07) is 0. The molecule has 0 bridgehead atoms. The summed E-state index contributed by atoms with van der Waals surface area (Å²) in [5.74, 6) is -14.1. The SMILES string of the molecule is CNCCOCCOCCOCCOCCOCCOCCC(=O)Oc1c(F)c(F)c(F)c(F)c1F. The van der Waals surface area contributed by atoms with Crippen LogP contribution in [0.1, 0.15) is 6.42 Å². The van der Waals surface area contributed by atoms with Gasteiger partial charge in [-0.2, -0.15) is 8.78 Å². The molecule has 0 aliphatic rings. The van der Waals surface area contributed by atoms with Crippen molar-refractivity contribution in [2.75, 3.05) is 92.9 Å². The fourth-order valence-corrected chi connectivity index (χ4v) is 2.37. The van der Waals surface area contributed by atoms with Crippen LogP contribution in [0.5, 0.6) is 5.75 Å². The number of benzene rings is 1. The van der Waals surface area contributed by atoms with Crippen LogP contribution in [-0.2, 0) is 33.2 Å². The zero-order chi connectivity index (χ0) is 26.6. The highest BCUT2D eigenvalue weighted by Gasteiger charge is 2.28. The molecule has 0 aliphatic heterocycles. The van der Waals surface area contributed by atoms with E-state index in [9.17, 15) is 26.7 Å². The summed E-state index contributed by atoms with van der Waals surface area (Å²) >= 11 is 0. The molecule has 0 aliphatic carbocycles. The van der Waals surface area contributed by atoms with Gasteiger partial charge in [-0.25, -0.2) is 13.2 Å². The first-order valence-corrected chi connectivity index (χ1v) is 11.2. The Balaban J connectivity index is 1.91. The van der Waals surface area contributed by atoms with Gasteiger partial charge in [-0.1, -0.05) is 0 Å². The van der Waals surface area contributed by atoms with Crippen LogP contribution in [-0.4, -0.2) is 98.8 Å². The lowest BCUT2D eigenvalue weighted by atomic mass is 10.2. The Kier molecular flexibility index (Phi) is 18.0. The van der Waals surface area contributed by atoms with Gasteiger partial charge in [-0.05, 0) is 7.05 Å². The minimum Gasteiger partial charge on any atom is -0.420 e. The smallest absolute Gasteiger partial charge is 0.313 e. The molecule has 0 saturated heterocycles. The average molecular weight is 533 g/mol. The van der Waals surface area contributed by atoms with Crippen molar-refractivity contribution in [2.45, 2.75) is 6.42 Å². The zero-order valence-corrected chi connectivity index (χ0v) is 20.1. The predicted octanol–water partition coefficient (Wildman–Crippen LogP) is 2.00. The predicted molar refractivity (Wildman–Crippen MR) is 115 cm³/mol. The van der Waals surface area contributed by atoms with Crippen molar-refractivity contribution in [1.29, 1.82) is 0 Å². The van der Waals surface area contributed by atoms with E-state index in [1.54, 1.807) is 0 Å². The molecular formula is C22H32F5NO8. The van der Waals surface area contributed by atoms with E-state index in [0.29, 0.717) is 59.5 Å². The Bertz CT molecular complexity index is 731. The standard InChI is InChI=1S/C22H32F5NO8/c1-28-3-5-31-7-9-33-11-13-35-15-14-34-12-10-32-8-6-30-4-2-16(29)36-22-20(26)18(24)17(23)19(25)21(22)27/h28H,2-15H2,1H3. The summed E-state index contributed by atoms with van der Waals surface area (Å²) in [6.45, 7) is 4.88. The van der Waals surface area contributed by atoms with E-state index in [0.717, 1.165) is 6.54 Å². The normalized spacial score (nSPS) is 11.3. The van der Waals surface area contributed by atoms with Gasteiger partial charge in [0.25, 0.3) is 0 Å². The second-order valence-electron chi connectivity index (χ2n) is 6.90. The van der Waals surface area contributed by atoms with Gasteiger partial charge >= 0.3 is 5.97 Å². The molecule has 1 N–H and O–H groups in total. The molecule has 1 aromatic carbocycles. The number of ether oxygens (including phenoxy) is 7. The van der Waals surface area contributed by atoms with Gasteiger partial charge in [0.05, 0.1) is 85.7 Å². The Morgan fingerprint density at radius 2 is 0.889 bits per heavy atom. The number of rotatable bonds is 22. The number of halogens is 5. The van der Waals surface area contributed by atoms with Crippen LogP contribution < -0.4 is 10.1 Å². The highest BCUT2D eigenvalue weighted by Crippen LogP contribution is 2.29. The number of likely N-dealkylation sites (N-methyl/N-ethyl adjacent to an activating group) is 1. The van der Waals surface area contributed by atoms with Crippen molar-refractivity contribution in [1.82, 2.24) is 5.32 Å². The molecule has 0 amide bonds. The average Bonchev–Trinajstić information content (AvgIpc) is 2.87. The summed E-state index contributed by atoms with van der Waals surface area (Å²) in [5, 5.41) is 2.97. The van der Waals surface area contributed by atoms with Crippen LogP contribution in [0, 0.1) is 29.1 Å². The summed E-state index contributed by atoms with van der Waals surface area (Å²) in [6.07, 6.45) is -0.474. The minimum atomic E-state index is -2.34. The quantitative estimate of drug-likeness (QED) is 0.0600. The summed E-state index contributed by atoms with van der Waals surface area (Å²) in [5.41, 5.74) is 0. The van der Waals surface area contributed by atoms with Crippen molar-refractivity contribution in [2.24, 2.45) is 0 Å². The molecule has 0 spiro atoms. The number of hydrogen-bond acceptors (Lipinski definition) is 9. The lowest BCUT2D eigenvalue weighted by Gasteiger charge is -2.09. The molecule has 0 radical (unpaired) electrons. The van der Waals surface area contributed by atoms with Gasteiger partial charge in [0.15, 0.2) is 0 Å². The Hall–Kier alpha value is -1.94. The van der Waals surface area contributed by atoms with Crippen molar-refractivity contribution in [3.63, 3.8) is 0 Å². The number of hydrogen-bond donors (Lipinski definition) is 1. The van der Waals surface area contributed by atoms with Crippen molar-refractivity contribution < 1.29 is 59.9 Å². The second-order valence-corrected chi connectivity index (χ2v) is 6.90. The molecular weight excluding hydrogens is 501 g/mol. The summed E-state index contributed by atoms with van der Waals surface area (Å²) < 4.78 is 102. The van der Waals surface area contributed by atoms with Crippen LogP contribution in [0.15, 0.2) is 0 Å². The van der Waals surface area contributed by atoms with Gasteiger partial charge < -0.3 is 38.5 Å². The van der Waals surface area contributed by atoms with E-state index < -0.39 is 47.2 Å². The molecule has 1 rings (SSSR count). The fourth-order valence-electron chi connectivity index (χ4n) is 2.37. The first-order chi connectivity index (χ1) is 17.4. The van der Waals surface area contributed by atoms with Crippen molar-refractivity contribution in [3.05, 3.63) is 29.1 Å². The molecule has 0 unspecified atom stereocenters. The van der Waals surface area contributed by atoms with E-state index in [1.165, 1.54) is 0 Å². The summed E-state index contributed by atoms with van der Waals surface area (Å²) in [4.78, 5) is 11.6. The monoisotopic (exact) mass is 533 g/mol. The fraction of sp³-hybridized carbons (Fsp3) is 0.682. The molecule has 0 atom stereocenters. The maximum Gasteiger partial charge on any atom is 0.313 e. The second kappa shape index (κ2) is 20.2. The molecule has 0 aromatic heterocycles.